The van der Waals surface area contributed by atoms with Crippen LogP contribution in [0, 0.1) is 17.8 Å². The Morgan fingerprint density at radius 2 is 2.00 bits per heavy atom. The maximum absolute atomic E-state index is 12.3. The van der Waals surface area contributed by atoms with Crippen LogP contribution < -0.4 is 5.32 Å². The molecule has 4 atom stereocenters. The predicted molar refractivity (Wildman–Crippen MR) is 76.9 cm³/mol. The van der Waals surface area contributed by atoms with E-state index in [1.54, 1.807) is 0 Å². The van der Waals surface area contributed by atoms with Crippen molar-refractivity contribution in [1.82, 2.24) is 5.32 Å². The normalized spacial score (nSPS) is 36.2. The van der Waals surface area contributed by atoms with Crippen LogP contribution in [0.25, 0.3) is 0 Å². The molecule has 0 spiro atoms. The molecule has 1 saturated heterocycles. The van der Waals surface area contributed by atoms with Gasteiger partial charge in [0.25, 0.3) is 0 Å². The van der Waals surface area contributed by atoms with E-state index in [1.807, 2.05) is 0 Å². The smallest absolute Gasteiger partial charge is 0.323 e. The average Bonchev–Trinajstić information content (AvgIpc) is 2.39. The molecule has 0 aromatic rings. The molecule has 0 amide bonds. The Kier molecular flexibility index (Phi) is 5.26. The van der Waals surface area contributed by atoms with Crippen molar-refractivity contribution >= 4 is 5.97 Å². The van der Waals surface area contributed by atoms with Gasteiger partial charge in [0.2, 0.25) is 0 Å². The third-order valence-corrected chi connectivity index (χ3v) is 4.82. The highest BCUT2D eigenvalue weighted by molar-refractivity contribution is 5.76. The highest BCUT2D eigenvalue weighted by Crippen LogP contribution is 2.35. The first-order valence-corrected chi connectivity index (χ1v) is 8.01. The topological polar surface area (TPSA) is 38.3 Å². The number of ether oxygens (including phenoxy) is 1. The Hall–Kier alpha value is -0.570. The number of hydrogen-bond donors (Lipinski definition) is 1. The fraction of sp³-hybridized carbons (Fsp3) is 0.938. The molecule has 1 aliphatic heterocycles. The van der Waals surface area contributed by atoms with Crippen LogP contribution in [0.1, 0.15) is 59.3 Å². The number of piperidine rings is 1. The van der Waals surface area contributed by atoms with Crippen molar-refractivity contribution in [2.75, 3.05) is 6.54 Å². The van der Waals surface area contributed by atoms with Crippen LogP contribution >= 0.6 is 0 Å². The molecule has 1 N–H and O–H groups in total. The number of carbonyl (C=O) groups excluding carboxylic acids is 1. The van der Waals surface area contributed by atoms with Crippen molar-refractivity contribution < 1.29 is 9.53 Å². The van der Waals surface area contributed by atoms with Crippen molar-refractivity contribution in [1.29, 1.82) is 0 Å². The van der Waals surface area contributed by atoms with Gasteiger partial charge in [-0.2, -0.15) is 0 Å². The second-order valence-electron chi connectivity index (χ2n) is 6.80. The molecule has 4 unspecified atom stereocenters. The van der Waals surface area contributed by atoms with Crippen molar-refractivity contribution in [2.24, 2.45) is 17.8 Å². The summed E-state index contributed by atoms with van der Waals surface area (Å²) in [4.78, 5) is 12.3. The summed E-state index contributed by atoms with van der Waals surface area (Å²) < 4.78 is 5.87. The third-order valence-electron chi connectivity index (χ3n) is 4.82. The lowest BCUT2D eigenvalue weighted by Crippen LogP contribution is -2.45. The first-order chi connectivity index (χ1) is 9.08. The zero-order valence-corrected chi connectivity index (χ0v) is 12.7. The molecule has 0 aromatic carbocycles. The maximum atomic E-state index is 12.3. The van der Waals surface area contributed by atoms with E-state index in [0.717, 1.165) is 25.8 Å². The van der Waals surface area contributed by atoms with E-state index in [9.17, 15) is 4.79 Å². The Morgan fingerprint density at radius 1 is 1.21 bits per heavy atom. The van der Waals surface area contributed by atoms with Gasteiger partial charge in [-0.1, -0.05) is 33.6 Å². The molecule has 0 bridgehead atoms. The number of rotatable bonds is 3. The van der Waals surface area contributed by atoms with Crippen molar-refractivity contribution in [3.8, 4) is 0 Å². The summed E-state index contributed by atoms with van der Waals surface area (Å²) in [6.07, 6.45) is 6.92. The lowest BCUT2D eigenvalue weighted by molar-refractivity contribution is -0.159. The summed E-state index contributed by atoms with van der Waals surface area (Å²) in [5.74, 6) is 1.82. The Balaban J connectivity index is 1.92. The molecule has 110 valence electrons. The second-order valence-corrected chi connectivity index (χ2v) is 6.80. The molecule has 0 aromatic heterocycles. The maximum Gasteiger partial charge on any atom is 0.323 e. The van der Waals surface area contributed by atoms with Gasteiger partial charge in [0, 0.05) is 0 Å². The van der Waals surface area contributed by atoms with E-state index in [-0.39, 0.29) is 18.1 Å². The van der Waals surface area contributed by atoms with Gasteiger partial charge in [-0.3, -0.25) is 4.79 Å². The van der Waals surface area contributed by atoms with Gasteiger partial charge in [-0.15, -0.1) is 0 Å². The first kappa shape index (κ1) is 14.8. The highest BCUT2D eigenvalue weighted by atomic mass is 16.5. The zero-order chi connectivity index (χ0) is 13.8. The van der Waals surface area contributed by atoms with Crippen LogP contribution in [0.3, 0.4) is 0 Å². The number of esters is 1. The highest BCUT2D eigenvalue weighted by Gasteiger charge is 2.35. The van der Waals surface area contributed by atoms with E-state index < -0.39 is 0 Å². The van der Waals surface area contributed by atoms with Crippen molar-refractivity contribution in [3.05, 3.63) is 0 Å². The minimum atomic E-state index is -0.0567. The van der Waals surface area contributed by atoms with Gasteiger partial charge in [-0.05, 0) is 50.0 Å². The summed E-state index contributed by atoms with van der Waals surface area (Å²) in [6, 6.07) is -0.0567. The van der Waals surface area contributed by atoms with E-state index in [4.69, 9.17) is 4.74 Å². The fourth-order valence-corrected chi connectivity index (χ4v) is 3.53. The zero-order valence-electron chi connectivity index (χ0n) is 12.7. The molecule has 0 radical (unpaired) electrons. The van der Waals surface area contributed by atoms with Crippen LogP contribution in [0.2, 0.25) is 0 Å². The second kappa shape index (κ2) is 6.74. The predicted octanol–water partition coefficient (Wildman–Crippen LogP) is 3.13. The lowest BCUT2D eigenvalue weighted by Gasteiger charge is -2.37. The van der Waals surface area contributed by atoms with Gasteiger partial charge < -0.3 is 10.1 Å². The van der Waals surface area contributed by atoms with Gasteiger partial charge in [0.05, 0.1) is 0 Å². The van der Waals surface area contributed by atoms with Crippen LogP contribution in [-0.4, -0.2) is 24.7 Å². The molecule has 2 rings (SSSR count). The number of hydrogen-bond acceptors (Lipinski definition) is 3. The van der Waals surface area contributed by atoms with Gasteiger partial charge in [0.1, 0.15) is 12.1 Å². The molecule has 2 fully saturated rings. The summed E-state index contributed by atoms with van der Waals surface area (Å²) in [7, 11) is 0. The SMILES string of the molecule is CC1CCC(C(C)C)C(OC(=O)C2CCCCN2)C1. The molecule has 1 aliphatic carbocycles. The Bertz CT molecular complexity index is 297. The Morgan fingerprint density at radius 3 is 2.63 bits per heavy atom. The number of nitrogens with one attached hydrogen (secondary N) is 1. The molecular weight excluding hydrogens is 238 g/mol. The molecule has 3 nitrogen and oxygen atoms in total. The van der Waals surface area contributed by atoms with Crippen LogP contribution in [-0.2, 0) is 9.53 Å². The van der Waals surface area contributed by atoms with Crippen LogP contribution in [0.5, 0.6) is 0 Å². The lowest BCUT2D eigenvalue weighted by atomic mass is 9.75. The summed E-state index contributed by atoms with van der Waals surface area (Å²) in [6.45, 7) is 7.73. The molecule has 19 heavy (non-hydrogen) atoms. The summed E-state index contributed by atoms with van der Waals surface area (Å²) in [5, 5.41) is 3.29. The van der Waals surface area contributed by atoms with E-state index >= 15 is 0 Å². The quantitative estimate of drug-likeness (QED) is 0.798. The number of carbonyl (C=O) groups is 1. The molecule has 1 saturated carbocycles. The standard InChI is InChI=1S/C16H29NO2/c1-11(2)13-8-7-12(3)10-15(13)19-16(18)14-6-4-5-9-17-14/h11-15,17H,4-10H2,1-3H3. The van der Waals surface area contributed by atoms with Crippen LogP contribution in [0.15, 0.2) is 0 Å². The van der Waals surface area contributed by atoms with Gasteiger partial charge in [0.15, 0.2) is 0 Å². The monoisotopic (exact) mass is 267 g/mol. The minimum absolute atomic E-state index is 0.00977. The van der Waals surface area contributed by atoms with E-state index in [2.05, 4.69) is 26.1 Å². The Labute approximate surface area is 117 Å². The van der Waals surface area contributed by atoms with Crippen molar-refractivity contribution in [2.45, 2.75) is 71.4 Å². The third kappa shape index (κ3) is 3.95. The molecule has 3 heteroatoms. The fourth-order valence-electron chi connectivity index (χ4n) is 3.53. The van der Waals surface area contributed by atoms with Gasteiger partial charge >= 0.3 is 5.97 Å². The molecule has 2 aliphatic rings. The molecular formula is C16H29NO2. The van der Waals surface area contributed by atoms with Crippen LogP contribution in [0.4, 0.5) is 0 Å². The minimum Gasteiger partial charge on any atom is -0.461 e. The summed E-state index contributed by atoms with van der Waals surface area (Å²) in [5.41, 5.74) is 0. The first-order valence-electron chi connectivity index (χ1n) is 8.01. The molecule has 1 heterocycles. The largest absolute Gasteiger partial charge is 0.461 e. The van der Waals surface area contributed by atoms with E-state index in [1.165, 1.54) is 19.3 Å². The average molecular weight is 267 g/mol. The van der Waals surface area contributed by atoms with Gasteiger partial charge in [-0.25, -0.2) is 0 Å². The summed E-state index contributed by atoms with van der Waals surface area (Å²) >= 11 is 0. The van der Waals surface area contributed by atoms with E-state index in [0.29, 0.717) is 17.8 Å². The van der Waals surface area contributed by atoms with Crippen molar-refractivity contribution in [3.63, 3.8) is 0 Å².